The highest BCUT2D eigenvalue weighted by Gasteiger charge is 2.27. The molecule has 1 aromatic carbocycles. The Morgan fingerprint density at radius 2 is 2.19 bits per heavy atom. The Bertz CT molecular complexity index is 417. The molecular weight excluding hydrogens is 198 g/mol. The summed E-state index contributed by atoms with van der Waals surface area (Å²) < 4.78 is 0. The highest BCUT2D eigenvalue weighted by molar-refractivity contribution is 5.59. The molecule has 1 atom stereocenters. The second-order valence-electron chi connectivity index (χ2n) is 4.81. The molecule has 1 unspecified atom stereocenters. The predicted molar refractivity (Wildman–Crippen MR) is 65.2 cm³/mol. The Kier molecular flexibility index (Phi) is 2.84. The zero-order valence-electron chi connectivity index (χ0n) is 9.61. The largest absolute Gasteiger partial charge is 0.369 e. The number of nitrogens with two attached hydrogens (primary N) is 1. The Labute approximate surface area is 96.5 Å². The average Bonchev–Trinajstić information content (AvgIpc) is 2.27. The first-order valence-corrected chi connectivity index (χ1v) is 5.65. The van der Waals surface area contributed by atoms with Gasteiger partial charge in [-0.25, -0.2) is 0 Å². The Hall–Kier alpha value is -1.53. The van der Waals surface area contributed by atoms with Crippen LogP contribution in [0.2, 0.25) is 0 Å². The van der Waals surface area contributed by atoms with Crippen molar-refractivity contribution in [2.45, 2.75) is 25.3 Å². The molecule has 0 saturated carbocycles. The van der Waals surface area contributed by atoms with E-state index in [4.69, 9.17) is 11.0 Å². The summed E-state index contributed by atoms with van der Waals surface area (Å²) in [4.78, 5) is 2.22. The lowest BCUT2D eigenvalue weighted by molar-refractivity contribution is 0.374. The van der Waals surface area contributed by atoms with E-state index in [1.807, 2.05) is 24.3 Å². The maximum atomic E-state index is 9.07. The normalized spacial score (nSPS) is 25.2. The molecule has 3 nitrogen and oxygen atoms in total. The van der Waals surface area contributed by atoms with E-state index in [1.165, 1.54) is 0 Å². The molecule has 0 amide bonds. The molecule has 1 saturated heterocycles. The van der Waals surface area contributed by atoms with Crippen LogP contribution in [0.25, 0.3) is 0 Å². The van der Waals surface area contributed by atoms with Crippen molar-refractivity contribution in [1.82, 2.24) is 0 Å². The molecule has 2 N–H and O–H groups in total. The molecule has 0 spiro atoms. The number of nitriles is 1. The van der Waals surface area contributed by atoms with Gasteiger partial charge in [-0.15, -0.1) is 0 Å². The summed E-state index contributed by atoms with van der Waals surface area (Å²) in [6.07, 6.45) is 2.14. The minimum atomic E-state index is -0.138. The minimum Gasteiger partial charge on any atom is -0.369 e. The number of hydrogen-bond acceptors (Lipinski definition) is 3. The molecule has 0 radical (unpaired) electrons. The van der Waals surface area contributed by atoms with E-state index in [0.29, 0.717) is 0 Å². The van der Waals surface area contributed by atoms with E-state index in [1.54, 1.807) is 0 Å². The van der Waals surface area contributed by atoms with Gasteiger partial charge in [-0.05, 0) is 31.9 Å². The van der Waals surface area contributed by atoms with Crippen molar-refractivity contribution in [1.29, 1.82) is 5.26 Å². The van der Waals surface area contributed by atoms with Crippen LogP contribution < -0.4 is 10.6 Å². The number of hydrogen-bond donors (Lipinski definition) is 1. The van der Waals surface area contributed by atoms with E-state index in [2.05, 4.69) is 17.9 Å². The van der Waals surface area contributed by atoms with Gasteiger partial charge in [-0.2, -0.15) is 5.26 Å². The van der Waals surface area contributed by atoms with Crippen LogP contribution in [0.5, 0.6) is 0 Å². The van der Waals surface area contributed by atoms with Gasteiger partial charge in [0.1, 0.15) is 6.07 Å². The smallest absolute Gasteiger partial charge is 0.101 e. The summed E-state index contributed by atoms with van der Waals surface area (Å²) in [6, 6.07) is 9.96. The summed E-state index contributed by atoms with van der Waals surface area (Å²) in [5.74, 6) is 0. The summed E-state index contributed by atoms with van der Waals surface area (Å²) in [5.41, 5.74) is 7.79. The summed E-state index contributed by atoms with van der Waals surface area (Å²) in [7, 11) is 0. The number of nitrogens with zero attached hydrogens (tertiary/aromatic N) is 2. The fraction of sp³-hybridized carbons (Fsp3) is 0.462. The van der Waals surface area contributed by atoms with Crippen molar-refractivity contribution in [2.75, 3.05) is 18.0 Å². The quantitative estimate of drug-likeness (QED) is 0.778. The Morgan fingerprint density at radius 3 is 2.88 bits per heavy atom. The lowest BCUT2D eigenvalue weighted by Gasteiger charge is -2.39. The molecule has 16 heavy (non-hydrogen) atoms. The molecule has 1 aromatic rings. The predicted octanol–water partition coefficient (Wildman–Crippen LogP) is 1.88. The van der Waals surface area contributed by atoms with Crippen molar-refractivity contribution in [3.05, 3.63) is 29.8 Å². The molecule has 1 aliphatic rings. The van der Waals surface area contributed by atoms with Crippen molar-refractivity contribution in [3.63, 3.8) is 0 Å². The van der Waals surface area contributed by atoms with Crippen LogP contribution in [0.15, 0.2) is 24.3 Å². The molecule has 84 valence electrons. The van der Waals surface area contributed by atoms with Crippen LogP contribution in [-0.2, 0) is 0 Å². The fourth-order valence-electron chi connectivity index (χ4n) is 2.32. The third kappa shape index (κ3) is 2.17. The maximum absolute atomic E-state index is 9.07. The SMILES string of the molecule is CC1(N)CCCN(c2ccccc2C#N)C1. The van der Waals surface area contributed by atoms with Gasteiger partial charge in [0.25, 0.3) is 0 Å². The standard InChI is InChI=1S/C13H17N3/c1-13(15)7-4-8-16(10-13)12-6-3-2-5-11(12)9-14/h2-3,5-6H,4,7-8,10,15H2,1H3. The molecule has 3 heteroatoms. The van der Waals surface area contributed by atoms with E-state index in [0.717, 1.165) is 37.2 Å². The van der Waals surface area contributed by atoms with Gasteiger partial charge < -0.3 is 10.6 Å². The zero-order valence-corrected chi connectivity index (χ0v) is 9.61. The first kappa shape index (κ1) is 11.0. The van der Waals surface area contributed by atoms with E-state index < -0.39 is 0 Å². The second kappa shape index (κ2) is 4.15. The van der Waals surface area contributed by atoms with Gasteiger partial charge in [0, 0.05) is 18.6 Å². The number of para-hydroxylation sites is 1. The van der Waals surface area contributed by atoms with E-state index in [-0.39, 0.29) is 5.54 Å². The van der Waals surface area contributed by atoms with Gasteiger partial charge in [0.05, 0.1) is 11.3 Å². The number of benzene rings is 1. The van der Waals surface area contributed by atoms with Gasteiger partial charge in [-0.1, -0.05) is 12.1 Å². The van der Waals surface area contributed by atoms with Crippen LogP contribution >= 0.6 is 0 Å². The van der Waals surface area contributed by atoms with E-state index >= 15 is 0 Å². The van der Waals surface area contributed by atoms with Crippen molar-refractivity contribution >= 4 is 5.69 Å². The Morgan fingerprint density at radius 1 is 1.44 bits per heavy atom. The number of anilines is 1. The van der Waals surface area contributed by atoms with Crippen molar-refractivity contribution in [3.8, 4) is 6.07 Å². The first-order valence-electron chi connectivity index (χ1n) is 5.65. The maximum Gasteiger partial charge on any atom is 0.101 e. The van der Waals surface area contributed by atoms with Crippen LogP contribution in [0.3, 0.4) is 0 Å². The van der Waals surface area contributed by atoms with Gasteiger partial charge in [0.2, 0.25) is 0 Å². The highest BCUT2D eigenvalue weighted by atomic mass is 15.2. The molecule has 1 heterocycles. The minimum absolute atomic E-state index is 0.138. The topological polar surface area (TPSA) is 53.0 Å². The zero-order chi connectivity index (χ0) is 11.6. The third-order valence-corrected chi connectivity index (χ3v) is 3.09. The molecule has 0 aromatic heterocycles. The Balaban J connectivity index is 2.27. The molecular formula is C13H17N3. The monoisotopic (exact) mass is 215 g/mol. The number of rotatable bonds is 1. The third-order valence-electron chi connectivity index (χ3n) is 3.09. The number of piperidine rings is 1. The van der Waals surface area contributed by atoms with Crippen LogP contribution in [0.1, 0.15) is 25.3 Å². The molecule has 1 fully saturated rings. The van der Waals surface area contributed by atoms with Gasteiger partial charge in [-0.3, -0.25) is 0 Å². The molecule has 1 aliphatic heterocycles. The first-order chi connectivity index (χ1) is 7.62. The van der Waals surface area contributed by atoms with Crippen molar-refractivity contribution in [2.24, 2.45) is 5.73 Å². The fourth-order valence-corrected chi connectivity index (χ4v) is 2.32. The van der Waals surface area contributed by atoms with Gasteiger partial charge in [0.15, 0.2) is 0 Å². The highest BCUT2D eigenvalue weighted by Crippen LogP contribution is 2.26. The summed E-state index contributed by atoms with van der Waals surface area (Å²) in [5, 5.41) is 9.07. The lowest BCUT2D eigenvalue weighted by atomic mass is 9.92. The van der Waals surface area contributed by atoms with Crippen LogP contribution in [0.4, 0.5) is 5.69 Å². The summed E-state index contributed by atoms with van der Waals surface area (Å²) >= 11 is 0. The summed E-state index contributed by atoms with van der Waals surface area (Å²) in [6.45, 7) is 3.89. The van der Waals surface area contributed by atoms with Crippen molar-refractivity contribution < 1.29 is 0 Å². The average molecular weight is 215 g/mol. The van der Waals surface area contributed by atoms with Crippen LogP contribution in [0, 0.1) is 11.3 Å². The van der Waals surface area contributed by atoms with Crippen LogP contribution in [-0.4, -0.2) is 18.6 Å². The lowest BCUT2D eigenvalue weighted by Crippen LogP contribution is -2.52. The van der Waals surface area contributed by atoms with E-state index in [9.17, 15) is 0 Å². The molecule has 2 rings (SSSR count). The van der Waals surface area contributed by atoms with Gasteiger partial charge >= 0.3 is 0 Å². The molecule has 0 bridgehead atoms. The second-order valence-corrected chi connectivity index (χ2v) is 4.81. The molecule has 0 aliphatic carbocycles.